The van der Waals surface area contributed by atoms with E-state index < -0.39 is 0 Å². The van der Waals surface area contributed by atoms with E-state index in [4.69, 9.17) is 0 Å². The van der Waals surface area contributed by atoms with Crippen LogP contribution in [0.4, 0.5) is 5.82 Å². The van der Waals surface area contributed by atoms with Crippen LogP contribution in [-0.2, 0) is 0 Å². The van der Waals surface area contributed by atoms with Crippen molar-refractivity contribution in [1.29, 1.82) is 0 Å². The van der Waals surface area contributed by atoms with E-state index >= 15 is 0 Å². The van der Waals surface area contributed by atoms with Crippen molar-refractivity contribution < 1.29 is 0 Å². The molecule has 1 aromatic carbocycles. The highest BCUT2D eigenvalue weighted by Gasteiger charge is 2.27. The Morgan fingerprint density at radius 3 is 2.55 bits per heavy atom. The average molecular weight is 388 g/mol. The number of piperazine rings is 1. The van der Waals surface area contributed by atoms with Gasteiger partial charge in [-0.2, -0.15) is 10.2 Å². The summed E-state index contributed by atoms with van der Waals surface area (Å²) in [5.41, 5.74) is 3.04. The molecular weight excluding hydrogens is 364 g/mol. The minimum atomic E-state index is 0.472. The number of hydrogen-bond acceptors (Lipinski definition) is 6. The van der Waals surface area contributed by atoms with Gasteiger partial charge >= 0.3 is 0 Å². The molecule has 5 rings (SSSR count). The highest BCUT2D eigenvalue weighted by atomic mass is 15.3. The molecule has 1 N–H and O–H groups in total. The van der Waals surface area contributed by atoms with E-state index in [1.807, 2.05) is 23.0 Å². The fourth-order valence-corrected chi connectivity index (χ4v) is 4.00. The number of rotatable bonds is 3. The molecule has 4 heterocycles. The third-order valence-corrected chi connectivity index (χ3v) is 5.92. The topological polar surface area (TPSA) is 78.8 Å². The van der Waals surface area contributed by atoms with Crippen LogP contribution in [0.1, 0.15) is 13.8 Å². The van der Waals surface area contributed by atoms with Crippen molar-refractivity contribution in [3.05, 3.63) is 49.1 Å². The Morgan fingerprint density at radius 2 is 1.79 bits per heavy atom. The first-order valence-corrected chi connectivity index (χ1v) is 9.87. The molecule has 8 nitrogen and oxygen atoms in total. The number of nitrogens with zero attached hydrogens (tertiary/aromatic N) is 7. The Labute approximate surface area is 169 Å². The molecule has 0 radical (unpaired) electrons. The highest BCUT2D eigenvalue weighted by Crippen LogP contribution is 2.26. The van der Waals surface area contributed by atoms with Crippen molar-refractivity contribution in [2.45, 2.75) is 25.9 Å². The quantitative estimate of drug-likeness (QED) is 0.581. The molecule has 0 bridgehead atoms. The third kappa shape index (κ3) is 3.15. The fourth-order valence-electron chi connectivity index (χ4n) is 4.00. The molecule has 29 heavy (non-hydrogen) atoms. The summed E-state index contributed by atoms with van der Waals surface area (Å²) in [4.78, 5) is 13.8. The summed E-state index contributed by atoms with van der Waals surface area (Å²) in [6.07, 6.45) is 5.25. The van der Waals surface area contributed by atoms with Gasteiger partial charge in [0, 0.05) is 48.4 Å². The molecule has 0 unspecified atom stereocenters. The van der Waals surface area contributed by atoms with Gasteiger partial charge in [0.25, 0.3) is 0 Å². The second-order valence-corrected chi connectivity index (χ2v) is 7.80. The Balaban J connectivity index is 1.52. The van der Waals surface area contributed by atoms with Gasteiger partial charge in [0.1, 0.15) is 12.1 Å². The number of aromatic amines is 1. The van der Waals surface area contributed by atoms with Crippen LogP contribution in [0, 0.1) is 0 Å². The number of aromatic nitrogens is 6. The molecule has 0 spiro atoms. The van der Waals surface area contributed by atoms with Gasteiger partial charge < -0.3 is 4.90 Å². The molecule has 3 aromatic heterocycles. The van der Waals surface area contributed by atoms with E-state index in [9.17, 15) is 0 Å². The standard InChI is InChI=1S/C21H24N8/c1-14-11-28(12-15(2)27(14)3)20-9-21(23-13-22-20)29-19-8-16(18-6-7-24-26-18)4-5-17(19)10-25-29/h4-10,13-15H,11-12H2,1-3H3,(H,24,26)/t14-,15+. The normalized spacial score (nSPS) is 20.4. The second-order valence-electron chi connectivity index (χ2n) is 7.80. The number of nitrogens with one attached hydrogen (secondary N) is 1. The van der Waals surface area contributed by atoms with Crippen molar-refractivity contribution in [2.24, 2.45) is 0 Å². The first-order valence-electron chi connectivity index (χ1n) is 9.87. The fraction of sp³-hybridized carbons (Fsp3) is 0.333. The Hall–Kier alpha value is -3.26. The van der Waals surface area contributed by atoms with Gasteiger partial charge in [0.15, 0.2) is 5.82 Å². The number of H-pyrrole nitrogens is 1. The number of hydrogen-bond donors (Lipinski definition) is 1. The molecule has 0 amide bonds. The van der Waals surface area contributed by atoms with Crippen LogP contribution in [0.25, 0.3) is 28.0 Å². The summed E-state index contributed by atoms with van der Waals surface area (Å²) in [6, 6.07) is 11.2. The molecule has 1 fully saturated rings. The lowest BCUT2D eigenvalue weighted by Gasteiger charge is -2.42. The van der Waals surface area contributed by atoms with E-state index in [0.717, 1.165) is 46.9 Å². The lowest BCUT2D eigenvalue weighted by molar-refractivity contribution is 0.169. The van der Waals surface area contributed by atoms with Crippen LogP contribution in [0.3, 0.4) is 0 Å². The molecule has 148 valence electrons. The molecule has 8 heteroatoms. The summed E-state index contributed by atoms with van der Waals surface area (Å²) in [7, 11) is 2.19. The van der Waals surface area contributed by atoms with Crippen LogP contribution >= 0.6 is 0 Å². The summed E-state index contributed by atoms with van der Waals surface area (Å²) >= 11 is 0. The number of anilines is 1. The van der Waals surface area contributed by atoms with Gasteiger partial charge in [0.2, 0.25) is 0 Å². The van der Waals surface area contributed by atoms with Crippen molar-refractivity contribution in [2.75, 3.05) is 25.0 Å². The predicted octanol–water partition coefficient (Wildman–Crippen LogP) is 2.73. The molecule has 1 aliphatic rings. The van der Waals surface area contributed by atoms with E-state index in [1.165, 1.54) is 0 Å². The molecule has 0 saturated carbocycles. The summed E-state index contributed by atoms with van der Waals surface area (Å²) < 4.78 is 1.88. The SMILES string of the molecule is C[C@@H]1CN(c2cc(-n3ncc4ccc(-c5ccn[nH]5)cc43)ncn2)C[C@H](C)N1C. The monoisotopic (exact) mass is 388 g/mol. The maximum Gasteiger partial charge on any atom is 0.159 e. The zero-order valence-electron chi connectivity index (χ0n) is 16.8. The Bertz CT molecular complexity index is 1120. The van der Waals surface area contributed by atoms with Crippen molar-refractivity contribution in [1.82, 2.24) is 34.8 Å². The first-order chi connectivity index (χ1) is 14.1. The third-order valence-electron chi connectivity index (χ3n) is 5.92. The molecule has 2 atom stereocenters. The number of likely N-dealkylation sites (N-methyl/N-ethyl adjacent to an activating group) is 1. The van der Waals surface area contributed by atoms with Gasteiger partial charge in [-0.3, -0.25) is 10.00 Å². The molecule has 0 aliphatic carbocycles. The van der Waals surface area contributed by atoms with Crippen molar-refractivity contribution in [3.8, 4) is 17.1 Å². The minimum absolute atomic E-state index is 0.472. The van der Waals surface area contributed by atoms with E-state index in [0.29, 0.717) is 12.1 Å². The maximum absolute atomic E-state index is 4.59. The van der Waals surface area contributed by atoms with Crippen molar-refractivity contribution in [3.63, 3.8) is 0 Å². The Kier molecular flexibility index (Phi) is 4.28. The number of benzene rings is 1. The zero-order valence-corrected chi connectivity index (χ0v) is 16.8. The first kappa shape index (κ1) is 17.8. The van der Waals surface area contributed by atoms with Gasteiger partial charge in [-0.15, -0.1) is 0 Å². The lowest BCUT2D eigenvalue weighted by atomic mass is 10.1. The van der Waals surface area contributed by atoms with Crippen molar-refractivity contribution >= 4 is 16.7 Å². The van der Waals surface area contributed by atoms with E-state index in [1.54, 1.807) is 12.5 Å². The molecular formula is C21H24N8. The van der Waals surface area contributed by atoms with Crippen LogP contribution < -0.4 is 4.90 Å². The van der Waals surface area contributed by atoms with Crippen LogP contribution in [0.2, 0.25) is 0 Å². The molecule has 1 saturated heterocycles. The number of fused-ring (bicyclic) bond motifs is 1. The van der Waals surface area contributed by atoms with Gasteiger partial charge in [-0.05, 0) is 33.0 Å². The lowest BCUT2D eigenvalue weighted by Crippen LogP contribution is -2.55. The zero-order chi connectivity index (χ0) is 20.0. The second kappa shape index (κ2) is 6.97. The molecule has 1 aliphatic heterocycles. The summed E-state index contributed by atoms with van der Waals surface area (Å²) in [5, 5.41) is 12.7. The largest absolute Gasteiger partial charge is 0.353 e. The van der Waals surface area contributed by atoms with E-state index in [-0.39, 0.29) is 0 Å². The predicted molar refractivity (Wildman–Crippen MR) is 113 cm³/mol. The van der Waals surface area contributed by atoms with Crippen LogP contribution in [0.15, 0.2) is 49.1 Å². The Morgan fingerprint density at radius 1 is 1.00 bits per heavy atom. The van der Waals surface area contributed by atoms with E-state index in [2.05, 4.69) is 74.2 Å². The molecule has 4 aromatic rings. The highest BCUT2D eigenvalue weighted by molar-refractivity contribution is 5.84. The summed E-state index contributed by atoms with van der Waals surface area (Å²) in [6.45, 7) is 6.40. The van der Waals surface area contributed by atoms with Gasteiger partial charge in [-0.25, -0.2) is 14.6 Å². The average Bonchev–Trinajstić information content (AvgIpc) is 3.41. The van der Waals surface area contributed by atoms with Gasteiger partial charge in [0.05, 0.1) is 17.4 Å². The maximum atomic E-state index is 4.59. The van der Waals surface area contributed by atoms with Crippen LogP contribution in [-0.4, -0.2) is 67.1 Å². The van der Waals surface area contributed by atoms with Gasteiger partial charge in [-0.1, -0.05) is 12.1 Å². The minimum Gasteiger partial charge on any atom is -0.353 e. The summed E-state index contributed by atoms with van der Waals surface area (Å²) in [5.74, 6) is 1.71. The van der Waals surface area contributed by atoms with Crippen LogP contribution in [0.5, 0.6) is 0 Å². The smallest absolute Gasteiger partial charge is 0.159 e.